The Bertz CT molecular complexity index is 768. The molecule has 6 heteroatoms. The highest BCUT2D eigenvalue weighted by atomic mass is 19.1. The van der Waals surface area contributed by atoms with Gasteiger partial charge in [0, 0.05) is 0 Å². The fraction of sp³-hybridized carbons (Fsp3) is 0.118. The van der Waals surface area contributed by atoms with Gasteiger partial charge in [0.1, 0.15) is 12.2 Å². The Hall–Kier alpha value is -3.20. The molecule has 0 fully saturated rings. The van der Waals surface area contributed by atoms with Gasteiger partial charge in [0.15, 0.2) is 0 Å². The maximum atomic E-state index is 13.6. The van der Waals surface area contributed by atoms with Crippen LogP contribution in [0.1, 0.15) is 12.0 Å². The Morgan fingerprint density at radius 1 is 0.957 bits per heavy atom. The lowest BCUT2D eigenvalue weighted by atomic mass is 10.1. The molecule has 2 N–H and O–H groups in total. The summed E-state index contributed by atoms with van der Waals surface area (Å²) in [5.74, 6) is -1.32. The lowest BCUT2D eigenvalue weighted by molar-refractivity contribution is -0.116. The van der Waals surface area contributed by atoms with Crippen LogP contribution in [0.25, 0.3) is 0 Å². The van der Waals surface area contributed by atoms with E-state index in [1.807, 2.05) is 0 Å². The summed E-state index contributed by atoms with van der Waals surface area (Å²) in [6.45, 7) is 0. The quantitative estimate of drug-likeness (QED) is 0.890. The number of benzene rings is 2. The van der Waals surface area contributed by atoms with Crippen molar-refractivity contribution >= 4 is 23.2 Å². The van der Waals surface area contributed by atoms with E-state index in [9.17, 15) is 14.0 Å². The second-order valence-electron chi connectivity index (χ2n) is 4.75. The van der Waals surface area contributed by atoms with Gasteiger partial charge in [-0.25, -0.2) is 4.39 Å². The average molecular weight is 311 g/mol. The zero-order valence-electron chi connectivity index (χ0n) is 12.2. The van der Waals surface area contributed by atoms with Gasteiger partial charge in [-0.1, -0.05) is 30.3 Å². The fourth-order valence-electron chi connectivity index (χ4n) is 1.98. The van der Waals surface area contributed by atoms with Gasteiger partial charge in [0.25, 0.3) is 0 Å². The number of rotatable bonds is 5. The largest absolute Gasteiger partial charge is 0.324 e. The third-order valence-corrected chi connectivity index (χ3v) is 3.02. The number of hydrogen-bond acceptors (Lipinski definition) is 3. The minimum Gasteiger partial charge on any atom is -0.324 e. The second kappa shape index (κ2) is 7.71. The van der Waals surface area contributed by atoms with Crippen molar-refractivity contribution < 1.29 is 14.0 Å². The Kier molecular flexibility index (Phi) is 5.42. The minimum absolute atomic E-state index is 0.118. The van der Waals surface area contributed by atoms with Crippen molar-refractivity contribution in [3.63, 3.8) is 0 Å². The third kappa shape index (κ3) is 4.64. The molecule has 2 aromatic rings. The number of nitriles is 1. The first-order chi connectivity index (χ1) is 11.1. The van der Waals surface area contributed by atoms with Crippen LogP contribution in [0.5, 0.6) is 0 Å². The molecular formula is C17H14FN3O2. The predicted molar refractivity (Wildman–Crippen MR) is 84.0 cm³/mol. The summed E-state index contributed by atoms with van der Waals surface area (Å²) in [5.41, 5.74) is 1.06. The van der Waals surface area contributed by atoms with E-state index in [-0.39, 0.29) is 18.4 Å². The van der Waals surface area contributed by atoms with E-state index in [1.165, 1.54) is 12.1 Å². The number of nitrogens with one attached hydrogen (secondary N) is 2. The summed E-state index contributed by atoms with van der Waals surface area (Å²) in [7, 11) is 0. The second-order valence-corrected chi connectivity index (χ2v) is 4.75. The van der Waals surface area contributed by atoms with Gasteiger partial charge < -0.3 is 10.6 Å². The van der Waals surface area contributed by atoms with E-state index in [1.54, 1.807) is 42.5 Å². The molecule has 0 saturated heterocycles. The molecule has 2 rings (SSSR count). The number of halogens is 1. The third-order valence-electron chi connectivity index (χ3n) is 3.02. The molecule has 0 atom stereocenters. The van der Waals surface area contributed by atoms with Gasteiger partial charge in [-0.3, -0.25) is 9.59 Å². The molecular weight excluding hydrogens is 297 g/mol. The van der Waals surface area contributed by atoms with Gasteiger partial charge in [-0.2, -0.15) is 5.26 Å². The summed E-state index contributed by atoms with van der Waals surface area (Å²) in [6.07, 6.45) is -0.398. The van der Waals surface area contributed by atoms with Crippen molar-refractivity contribution in [1.29, 1.82) is 5.26 Å². The molecule has 0 radical (unpaired) electrons. The first-order valence-corrected chi connectivity index (χ1v) is 6.89. The molecule has 0 unspecified atom stereocenters. The van der Waals surface area contributed by atoms with Crippen LogP contribution < -0.4 is 10.6 Å². The lowest BCUT2D eigenvalue weighted by Crippen LogP contribution is -2.18. The monoisotopic (exact) mass is 311 g/mol. The van der Waals surface area contributed by atoms with Crippen molar-refractivity contribution in [2.45, 2.75) is 12.8 Å². The topological polar surface area (TPSA) is 82.0 Å². The smallest absolute Gasteiger partial charge is 0.238 e. The molecule has 2 amide bonds. The molecule has 0 aliphatic rings. The Morgan fingerprint density at radius 2 is 1.52 bits per heavy atom. The molecule has 0 saturated carbocycles. The number of anilines is 2. The maximum Gasteiger partial charge on any atom is 0.238 e. The van der Waals surface area contributed by atoms with E-state index in [0.29, 0.717) is 11.4 Å². The predicted octanol–water partition coefficient (Wildman–Crippen LogP) is 2.86. The standard InChI is InChI=1S/C17H14FN3O2/c18-13-6-2-1-5-12(13)11-17(23)21-15-8-4-3-7-14(15)20-16(22)9-10-19/h1-8H,9,11H2,(H,20,22)(H,21,23). The SMILES string of the molecule is N#CCC(=O)Nc1ccccc1NC(=O)Cc1ccccc1F. The zero-order valence-corrected chi connectivity index (χ0v) is 12.2. The van der Waals surface area contributed by atoms with Gasteiger partial charge >= 0.3 is 0 Å². The number of nitrogens with zero attached hydrogens (tertiary/aromatic N) is 1. The highest BCUT2D eigenvalue weighted by molar-refractivity contribution is 6.00. The summed E-state index contributed by atoms with van der Waals surface area (Å²) < 4.78 is 13.6. The summed E-state index contributed by atoms with van der Waals surface area (Å²) >= 11 is 0. The summed E-state index contributed by atoms with van der Waals surface area (Å²) in [4.78, 5) is 23.5. The molecule has 0 heterocycles. The van der Waals surface area contributed by atoms with E-state index >= 15 is 0 Å². The molecule has 0 aliphatic carbocycles. The van der Waals surface area contributed by atoms with Gasteiger partial charge in [-0.05, 0) is 23.8 Å². The molecule has 0 spiro atoms. The number of amides is 2. The van der Waals surface area contributed by atoms with E-state index < -0.39 is 17.6 Å². The van der Waals surface area contributed by atoms with E-state index in [0.717, 1.165) is 0 Å². The van der Waals surface area contributed by atoms with E-state index in [4.69, 9.17) is 5.26 Å². The molecule has 0 bridgehead atoms. The summed E-state index contributed by atoms with van der Waals surface area (Å²) in [5, 5.41) is 13.7. The van der Waals surface area contributed by atoms with Crippen LogP contribution in [0, 0.1) is 17.1 Å². The van der Waals surface area contributed by atoms with Crippen LogP contribution in [0.3, 0.4) is 0 Å². The maximum absolute atomic E-state index is 13.6. The number of hydrogen-bond donors (Lipinski definition) is 2. The van der Waals surface area contributed by atoms with Crippen LogP contribution in [0.2, 0.25) is 0 Å². The van der Waals surface area contributed by atoms with Gasteiger partial charge in [0.05, 0.1) is 23.9 Å². The van der Waals surface area contributed by atoms with Crippen LogP contribution in [-0.2, 0) is 16.0 Å². The van der Waals surface area contributed by atoms with E-state index in [2.05, 4.69) is 10.6 Å². The molecule has 23 heavy (non-hydrogen) atoms. The van der Waals surface area contributed by atoms with Crippen LogP contribution in [0.15, 0.2) is 48.5 Å². The van der Waals surface area contributed by atoms with Crippen molar-refractivity contribution in [3.05, 3.63) is 59.9 Å². The Morgan fingerprint density at radius 3 is 2.13 bits per heavy atom. The van der Waals surface area contributed by atoms with Gasteiger partial charge in [-0.15, -0.1) is 0 Å². The zero-order chi connectivity index (χ0) is 16.7. The lowest BCUT2D eigenvalue weighted by Gasteiger charge is -2.11. The molecule has 2 aromatic carbocycles. The average Bonchev–Trinajstić information content (AvgIpc) is 2.52. The minimum atomic E-state index is -0.469. The molecule has 5 nitrogen and oxygen atoms in total. The van der Waals surface area contributed by atoms with Crippen molar-refractivity contribution in [2.75, 3.05) is 10.6 Å². The normalized spacial score (nSPS) is 9.74. The Balaban J connectivity index is 2.08. The first kappa shape index (κ1) is 16.2. The molecule has 0 aromatic heterocycles. The van der Waals surface area contributed by atoms with Crippen molar-refractivity contribution in [2.24, 2.45) is 0 Å². The molecule has 116 valence electrons. The number of carbonyl (C=O) groups excluding carboxylic acids is 2. The fourth-order valence-corrected chi connectivity index (χ4v) is 1.98. The Labute approximate surface area is 132 Å². The first-order valence-electron chi connectivity index (χ1n) is 6.89. The van der Waals surface area contributed by atoms with Crippen molar-refractivity contribution in [1.82, 2.24) is 0 Å². The van der Waals surface area contributed by atoms with Crippen LogP contribution in [-0.4, -0.2) is 11.8 Å². The summed E-state index contributed by atoms with van der Waals surface area (Å²) in [6, 6.07) is 14.4. The molecule has 0 aliphatic heterocycles. The highest BCUT2D eigenvalue weighted by Gasteiger charge is 2.11. The van der Waals surface area contributed by atoms with Crippen LogP contribution >= 0.6 is 0 Å². The van der Waals surface area contributed by atoms with Crippen LogP contribution in [0.4, 0.5) is 15.8 Å². The number of carbonyl (C=O) groups is 2. The van der Waals surface area contributed by atoms with Gasteiger partial charge in [0.2, 0.25) is 11.8 Å². The number of para-hydroxylation sites is 2. The van der Waals surface area contributed by atoms with Crippen molar-refractivity contribution in [3.8, 4) is 6.07 Å². The highest BCUT2D eigenvalue weighted by Crippen LogP contribution is 2.21.